The van der Waals surface area contributed by atoms with Crippen LogP contribution in [0.2, 0.25) is 0 Å². The molecule has 3 rings (SSSR count). The molecule has 0 amide bonds. The lowest BCUT2D eigenvalue weighted by Crippen LogP contribution is -2.00. The van der Waals surface area contributed by atoms with Crippen molar-refractivity contribution in [2.75, 3.05) is 0 Å². The highest BCUT2D eigenvalue weighted by Gasteiger charge is 2.38. The maximum Gasteiger partial charge on any atom is 0.364 e. The number of carbonyl (C=O) groups excluding carboxylic acids is 1. The van der Waals surface area contributed by atoms with Gasteiger partial charge in [0.25, 0.3) is 11.4 Å². The summed E-state index contributed by atoms with van der Waals surface area (Å²) < 4.78 is 0. The van der Waals surface area contributed by atoms with Crippen LogP contribution in [0.5, 0.6) is 0 Å². The van der Waals surface area contributed by atoms with Crippen molar-refractivity contribution >= 4 is 23.0 Å². The van der Waals surface area contributed by atoms with Gasteiger partial charge in [-0.3, -0.25) is 25.0 Å². The van der Waals surface area contributed by atoms with Crippen LogP contribution in [0.3, 0.4) is 0 Å². The highest BCUT2D eigenvalue weighted by molar-refractivity contribution is 6.23. The second-order valence-corrected chi connectivity index (χ2v) is 4.58. The summed E-state index contributed by atoms with van der Waals surface area (Å²) in [6, 6.07) is 2.57. The molecule has 0 aliphatic heterocycles. The molecule has 1 aliphatic carbocycles. The van der Waals surface area contributed by atoms with E-state index < -0.39 is 37.7 Å². The first-order valence-electron chi connectivity index (χ1n) is 5.97. The highest BCUT2D eigenvalue weighted by atomic mass is 16.6. The van der Waals surface area contributed by atoms with Crippen molar-refractivity contribution in [3.05, 3.63) is 65.9 Å². The summed E-state index contributed by atoms with van der Waals surface area (Å²) >= 11 is 0. The number of carbonyl (C=O) groups is 1. The Bertz CT molecular complexity index is 937. The van der Waals surface area contributed by atoms with Gasteiger partial charge in [-0.25, -0.2) is 0 Å². The minimum Gasteiger partial charge on any atom is -0.358 e. The normalized spacial score (nSPS) is 11.7. The lowest BCUT2D eigenvalue weighted by Gasteiger charge is -2.01. The second-order valence-electron chi connectivity index (χ2n) is 4.58. The summed E-state index contributed by atoms with van der Waals surface area (Å²) in [5.41, 5.74) is -1.81. The monoisotopic (exact) mass is 316 g/mol. The van der Waals surface area contributed by atoms with E-state index in [1.807, 2.05) is 0 Å². The summed E-state index contributed by atoms with van der Waals surface area (Å²) in [6.07, 6.45) is 0.936. The Morgan fingerprint density at radius 2 is 1.52 bits per heavy atom. The second kappa shape index (κ2) is 4.62. The van der Waals surface area contributed by atoms with Crippen LogP contribution in [-0.2, 0) is 0 Å². The SMILES string of the molecule is O=C1c2cnc([N+](=O)[O-])cc2-c2c1cc([N+](=O)[O-])cc2[N+](=O)[O-]. The zero-order valence-corrected chi connectivity index (χ0v) is 11.0. The number of benzene rings is 1. The van der Waals surface area contributed by atoms with Crippen molar-refractivity contribution in [3.63, 3.8) is 0 Å². The fraction of sp³-hybridized carbons (Fsp3) is 0. The molecule has 0 bridgehead atoms. The molecule has 0 spiro atoms. The Morgan fingerprint density at radius 3 is 2.09 bits per heavy atom. The van der Waals surface area contributed by atoms with Gasteiger partial charge in [0.2, 0.25) is 0 Å². The van der Waals surface area contributed by atoms with Gasteiger partial charge >= 0.3 is 5.82 Å². The van der Waals surface area contributed by atoms with Crippen LogP contribution in [0.1, 0.15) is 15.9 Å². The van der Waals surface area contributed by atoms with Gasteiger partial charge in [0.1, 0.15) is 0 Å². The molecule has 11 nitrogen and oxygen atoms in total. The molecule has 0 radical (unpaired) electrons. The highest BCUT2D eigenvalue weighted by Crippen LogP contribution is 2.45. The Labute approximate surface area is 125 Å². The Morgan fingerprint density at radius 1 is 0.826 bits per heavy atom. The molecule has 1 aromatic carbocycles. The van der Waals surface area contributed by atoms with E-state index in [1.165, 1.54) is 0 Å². The topological polar surface area (TPSA) is 159 Å². The fourth-order valence-electron chi connectivity index (χ4n) is 2.40. The van der Waals surface area contributed by atoms with Crippen LogP contribution in [0, 0.1) is 30.3 Å². The minimum atomic E-state index is -0.875. The van der Waals surface area contributed by atoms with E-state index in [4.69, 9.17) is 0 Å². The average molecular weight is 316 g/mol. The van der Waals surface area contributed by atoms with Gasteiger partial charge in [0.05, 0.1) is 27.0 Å². The lowest BCUT2D eigenvalue weighted by molar-refractivity contribution is -0.393. The van der Waals surface area contributed by atoms with Crippen LogP contribution >= 0.6 is 0 Å². The number of pyridine rings is 1. The summed E-state index contributed by atoms with van der Waals surface area (Å²) in [5, 5.41) is 32.9. The van der Waals surface area contributed by atoms with Crippen LogP contribution in [0.4, 0.5) is 17.2 Å². The number of ketones is 1. The number of non-ortho nitro benzene ring substituents is 1. The third-order valence-corrected chi connectivity index (χ3v) is 3.34. The maximum atomic E-state index is 12.3. The third kappa shape index (κ3) is 1.98. The molecule has 0 N–H and O–H groups in total. The molecule has 2 aromatic rings. The van der Waals surface area contributed by atoms with Crippen LogP contribution in [-0.4, -0.2) is 25.5 Å². The number of hydrogen-bond acceptors (Lipinski definition) is 8. The molecule has 0 atom stereocenters. The van der Waals surface area contributed by atoms with Crippen molar-refractivity contribution in [2.24, 2.45) is 0 Å². The number of hydrogen-bond donors (Lipinski definition) is 0. The standard InChI is InChI=1S/C12H4N4O7/c17-12-7-1-5(14(18)19)2-9(15(20)21)11(7)6-3-10(16(22)23)13-4-8(6)12/h1-4H. The maximum absolute atomic E-state index is 12.3. The summed E-state index contributed by atoms with van der Waals surface area (Å²) in [7, 11) is 0. The van der Waals surface area contributed by atoms with E-state index in [0.717, 1.165) is 18.3 Å². The van der Waals surface area contributed by atoms with E-state index in [0.29, 0.717) is 6.07 Å². The van der Waals surface area contributed by atoms with Gasteiger partial charge < -0.3 is 10.1 Å². The van der Waals surface area contributed by atoms with Crippen molar-refractivity contribution in [1.82, 2.24) is 4.98 Å². The summed E-state index contributed by atoms with van der Waals surface area (Å²) in [6.45, 7) is 0. The van der Waals surface area contributed by atoms with Gasteiger partial charge in [-0.1, -0.05) is 0 Å². The summed E-state index contributed by atoms with van der Waals surface area (Å²) in [4.78, 5) is 46.1. The van der Waals surface area contributed by atoms with Crippen LogP contribution < -0.4 is 0 Å². The van der Waals surface area contributed by atoms with Crippen molar-refractivity contribution < 1.29 is 19.6 Å². The first-order chi connectivity index (χ1) is 10.8. The first kappa shape index (κ1) is 14.2. The number of aromatic nitrogens is 1. The number of nitro benzene ring substituents is 2. The number of nitro groups is 3. The van der Waals surface area contributed by atoms with Crippen LogP contribution in [0.25, 0.3) is 11.1 Å². The molecule has 0 unspecified atom stereocenters. The molecule has 0 saturated heterocycles. The van der Waals surface area contributed by atoms with E-state index in [9.17, 15) is 35.1 Å². The molecule has 1 heterocycles. The predicted molar refractivity (Wildman–Crippen MR) is 73.1 cm³/mol. The van der Waals surface area contributed by atoms with E-state index in [1.54, 1.807) is 0 Å². The van der Waals surface area contributed by atoms with E-state index >= 15 is 0 Å². The first-order valence-corrected chi connectivity index (χ1v) is 5.97. The fourth-order valence-corrected chi connectivity index (χ4v) is 2.40. The van der Waals surface area contributed by atoms with Crippen molar-refractivity contribution in [2.45, 2.75) is 0 Å². The largest absolute Gasteiger partial charge is 0.364 e. The minimum absolute atomic E-state index is 0.0340. The average Bonchev–Trinajstić information content (AvgIpc) is 2.79. The molecule has 0 fully saturated rings. The zero-order chi connectivity index (χ0) is 16.9. The van der Waals surface area contributed by atoms with Gasteiger partial charge in [-0.05, 0) is 9.91 Å². The van der Waals surface area contributed by atoms with Crippen molar-refractivity contribution in [3.8, 4) is 11.1 Å². The molecular formula is C12H4N4O7. The van der Waals surface area contributed by atoms with Gasteiger partial charge in [-0.15, -0.1) is 0 Å². The lowest BCUT2D eigenvalue weighted by atomic mass is 10.0. The van der Waals surface area contributed by atoms with Crippen LogP contribution in [0.15, 0.2) is 24.4 Å². The zero-order valence-electron chi connectivity index (χ0n) is 11.0. The van der Waals surface area contributed by atoms with Crippen molar-refractivity contribution in [1.29, 1.82) is 0 Å². The molecule has 1 aromatic heterocycles. The molecule has 114 valence electrons. The number of rotatable bonds is 3. The molecular weight excluding hydrogens is 312 g/mol. The van der Waals surface area contributed by atoms with Gasteiger partial charge in [0.15, 0.2) is 12.0 Å². The molecule has 23 heavy (non-hydrogen) atoms. The smallest absolute Gasteiger partial charge is 0.358 e. The quantitative estimate of drug-likeness (QED) is 0.523. The number of fused-ring (bicyclic) bond motifs is 3. The molecule has 11 heteroatoms. The molecule has 1 aliphatic rings. The Balaban J connectivity index is 2.38. The summed E-state index contributed by atoms with van der Waals surface area (Å²) in [5.74, 6) is -1.29. The van der Waals surface area contributed by atoms with Gasteiger partial charge in [0, 0.05) is 23.3 Å². The van der Waals surface area contributed by atoms with Gasteiger partial charge in [-0.2, -0.15) is 0 Å². The Hall–Kier alpha value is -3.76. The third-order valence-electron chi connectivity index (χ3n) is 3.34. The number of nitrogens with zero attached hydrogens (tertiary/aromatic N) is 4. The van der Waals surface area contributed by atoms with E-state index in [2.05, 4.69) is 4.98 Å². The van der Waals surface area contributed by atoms with E-state index in [-0.39, 0.29) is 22.3 Å². The molecule has 0 saturated carbocycles. The predicted octanol–water partition coefficient (Wildman–Crippen LogP) is 2.02. The Kier molecular flexibility index (Phi) is 2.85.